The molecule has 0 unspecified atom stereocenters. The average molecular weight is 1580 g/mol. The van der Waals surface area contributed by atoms with E-state index in [0.29, 0.717) is 51.8 Å². The number of aliphatic hydroxyl groups is 2. The van der Waals surface area contributed by atoms with Crippen LogP contribution in [0.5, 0.6) is 0 Å². The molecular formula is C78H105N21O15. The van der Waals surface area contributed by atoms with Crippen LogP contribution in [0.2, 0.25) is 0 Å². The van der Waals surface area contributed by atoms with Gasteiger partial charge >= 0.3 is 5.97 Å². The molecule has 114 heavy (non-hydrogen) atoms. The van der Waals surface area contributed by atoms with Gasteiger partial charge in [0, 0.05) is 110 Å². The van der Waals surface area contributed by atoms with Crippen molar-refractivity contribution in [3.63, 3.8) is 0 Å². The van der Waals surface area contributed by atoms with Crippen LogP contribution in [0.15, 0.2) is 116 Å². The zero-order valence-corrected chi connectivity index (χ0v) is 64.3. The number of aromatic nitrogens is 6. The number of fused-ring (bicyclic) bond motifs is 2. The fourth-order valence-corrected chi connectivity index (χ4v) is 14.3. The number of amides is 11. The molecule has 9 rings (SSSR count). The maximum atomic E-state index is 15.5. The van der Waals surface area contributed by atoms with Crippen molar-refractivity contribution in [2.45, 2.75) is 197 Å². The number of aliphatic hydroxyl groups excluding tert-OH is 2. The molecule has 2 aliphatic heterocycles. The summed E-state index contributed by atoms with van der Waals surface area (Å²) in [6.45, 7) is 7.54. The summed E-state index contributed by atoms with van der Waals surface area (Å²) >= 11 is 0. The largest absolute Gasteiger partial charge is 0.480 e. The first-order valence-corrected chi connectivity index (χ1v) is 38.3. The Morgan fingerprint density at radius 3 is 1.49 bits per heavy atom. The van der Waals surface area contributed by atoms with Gasteiger partial charge in [0.2, 0.25) is 65.0 Å². The third kappa shape index (κ3) is 23.8. The molecule has 0 radical (unpaired) electrons. The van der Waals surface area contributed by atoms with E-state index in [1.165, 1.54) is 41.8 Å². The fraction of sp³-hybridized carbons (Fsp3) is 0.474. The van der Waals surface area contributed by atoms with Crippen LogP contribution < -0.4 is 64.6 Å². The van der Waals surface area contributed by atoms with Crippen LogP contribution in [0.25, 0.3) is 21.8 Å². The molecule has 6 heterocycles. The van der Waals surface area contributed by atoms with E-state index in [-0.39, 0.29) is 102 Å². The van der Waals surface area contributed by atoms with Gasteiger partial charge in [0.25, 0.3) is 0 Å². The number of likely N-dealkylation sites (tertiary alicyclic amines) is 2. The number of nitrogens with zero attached hydrogens (tertiary/aromatic N) is 4. The average Bonchev–Trinajstić information content (AvgIpc) is 1.70. The number of nitrogens with two attached hydrogens (primary N) is 2. The number of carbonyl (C=O) groups is 12. The van der Waals surface area contributed by atoms with Gasteiger partial charge in [0.1, 0.15) is 66.5 Å². The Labute approximate surface area is 657 Å². The Bertz CT molecular complexity index is 4470. The number of carbonyl (C=O) groups excluding carboxylic acids is 11. The van der Waals surface area contributed by atoms with Gasteiger partial charge in [-0.3, -0.25) is 58.1 Å². The summed E-state index contributed by atoms with van der Waals surface area (Å²) in [4.78, 5) is 196. The number of carboxylic acids is 1. The number of para-hydroxylation sites is 2. The second kappa shape index (κ2) is 40.9. The van der Waals surface area contributed by atoms with Crippen molar-refractivity contribution in [1.82, 2.24) is 92.9 Å². The molecule has 11 amide bonds. The first-order chi connectivity index (χ1) is 54.5. The molecule has 0 aliphatic carbocycles. The molecule has 0 saturated carbocycles. The Morgan fingerprint density at radius 1 is 0.518 bits per heavy atom. The zero-order valence-electron chi connectivity index (χ0n) is 64.3. The normalized spacial score (nSPS) is 17.0. The van der Waals surface area contributed by atoms with Crippen molar-refractivity contribution < 1.29 is 72.9 Å². The molecule has 22 N–H and O–H groups in total. The number of hydrogen-bond donors (Lipinski definition) is 20. The molecule has 3 aromatic carbocycles. The minimum absolute atomic E-state index is 0.00570. The number of rotatable bonds is 41. The smallest absolute Gasteiger partial charge is 0.328 e. The van der Waals surface area contributed by atoms with Crippen LogP contribution in [0, 0.1) is 17.2 Å². The summed E-state index contributed by atoms with van der Waals surface area (Å²) in [7, 11) is 0. The SMILES string of the molecule is CC(C)C[C@H](NC(=O)[C@@H]1CCCN1C(=O)[C@H](CC(C)C)NC(=O)[C@@H](NC(=O)[C@H](CCCNC(=N)N)NC(=O)[C@H](Cc1c[nH]c2ccccc12)NC(=O)[C@H](Cc1ccccc1)NC(=O)[C@@H]1CCCN1C(=O)[C@H](Cc1c[nH]c2ccccc12)NC(=O)[C@H](Cc1cnc[nH]1)NC(=O)[C@@H](N)Cc1cnc[nH]1)[C@@H](C)O)C(=O)N[C@@H](CO)C(=O)O. The van der Waals surface area contributed by atoms with E-state index in [1.54, 1.807) is 94.7 Å². The summed E-state index contributed by atoms with van der Waals surface area (Å²) in [5, 5.41) is 66.7. The predicted molar refractivity (Wildman–Crippen MR) is 418 cm³/mol. The van der Waals surface area contributed by atoms with Gasteiger partial charge < -0.3 is 110 Å². The molecule has 7 aromatic rings. The monoisotopic (exact) mass is 1580 g/mol. The number of benzene rings is 3. The molecule has 13 atom stereocenters. The topological polar surface area (TPSA) is 557 Å². The molecule has 2 aliphatic rings. The van der Waals surface area contributed by atoms with Crippen molar-refractivity contribution in [2.75, 3.05) is 26.2 Å². The summed E-state index contributed by atoms with van der Waals surface area (Å²) in [5.41, 5.74) is 16.2. The predicted octanol–water partition coefficient (Wildman–Crippen LogP) is -0.906. The number of aromatic amines is 4. The number of aliphatic carboxylic acids is 1. The van der Waals surface area contributed by atoms with Crippen LogP contribution in [0.4, 0.5) is 0 Å². The molecule has 612 valence electrons. The van der Waals surface area contributed by atoms with Crippen LogP contribution in [0.3, 0.4) is 0 Å². The van der Waals surface area contributed by atoms with Crippen LogP contribution in [-0.2, 0) is 89.6 Å². The number of guanidine groups is 1. The molecule has 2 fully saturated rings. The second-order valence-electron chi connectivity index (χ2n) is 29.8. The van der Waals surface area contributed by atoms with Gasteiger partial charge in [-0.05, 0) is 98.9 Å². The van der Waals surface area contributed by atoms with Crippen molar-refractivity contribution in [3.05, 3.63) is 144 Å². The zero-order chi connectivity index (χ0) is 82.3. The second-order valence-corrected chi connectivity index (χ2v) is 29.8. The summed E-state index contributed by atoms with van der Waals surface area (Å²) in [6.07, 6.45) is 7.99. The van der Waals surface area contributed by atoms with E-state index >= 15 is 19.2 Å². The van der Waals surface area contributed by atoms with Crippen LogP contribution in [0.1, 0.15) is 114 Å². The molecular weight excluding hydrogens is 1470 g/mol. The summed E-state index contributed by atoms with van der Waals surface area (Å²) < 4.78 is 0. The highest BCUT2D eigenvalue weighted by Crippen LogP contribution is 2.27. The number of hydrogen-bond acceptors (Lipinski definition) is 18. The quantitative estimate of drug-likeness (QED) is 0.0125. The Morgan fingerprint density at radius 2 is 0.965 bits per heavy atom. The van der Waals surface area contributed by atoms with Crippen molar-refractivity contribution in [1.29, 1.82) is 5.41 Å². The van der Waals surface area contributed by atoms with E-state index in [4.69, 9.17) is 16.9 Å². The maximum absolute atomic E-state index is 15.5. The van der Waals surface area contributed by atoms with Gasteiger partial charge in [-0.1, -0.05) is 94.4 Å². The van der Waals surface area contributed by atoms with Crippen LogP contribution >= 0.6 is 0 Å². The van der Waals surface area contributed by atoms with E-state index in [0.717, 1.165) is 10.9 Å². The fourth-order valence-electron chi connectivity index (χ4n) is 14.3. The molecule has 0 bridgehead atoms. The lowest BCUT2D eigenvalue weighted by Gasteiger charge is -2.32. The summed E-state index contributed by atoms with van der Waals surface area (Å²) in [5.74, 6) is -11.3. The van der Waals surface area contributed by atoms with Crippen molar-refractivity contribution in [2.24, 2.45) is 23.3 Å². The van der Waals surface area contributed by atoms with Crippen molar-refractivity contribution >= 4 is 98.7 Å². The highest BCUT2D eigenvalue weighted by atomic mass is 16.4. The third-order valence-electron chi connectivity index (χ3n) is 20.1. The Balaban J connectivity index is 0.956. The lowest BCUT2D eigenvalue weighted by Crippen LogP contribution is -2.62. The molecule has 0 spiro atoms. The van der Waals surface area contributed by atoms with Gasteiger partial charge in [-0.25, -0.2) is 14.8 Å². The number of imidazole rings is 2. The lowest BCUT2D eigenvalue weighted by molar-refractivity contribution is -0.144. The number of nitrogens with one attached hydrogen (secondary N) is 15. The van der Waals surface area contributed by atoms with Crippen LogP contribution in [-0.4, -0.2) is 237 Å². The maximum Gasteiger partial charge on any atom is 0.328 e. The minimum atomic E-state index is -1.80. The van der Waals surface area contributed by atoms with E-state index in [1.807, 2.05) is 24.3 Å². The number of carboxylic acid groups (broad SMARTS) is 1. The van der Waals surface area contributed by atoms with Gasteiger partial charge in [-0.2, -0.15) is 0 Å². The van der Waals surface area contributed by atoms with Gasteiger partial charge in [-0.15, -0.1) is 0 Å². The Kier molecular flexibility index (Phi) is 30.9. The highest BCUT2D eigenvalue weighted by molar-refractivity contribution is 6.01. The molecule has 36 nitrogen and oxygen atoms in total. The molecule has 2 saturated heterocycles. The van der Waals surface area contributed by atoms with E-state index < -0.39 is 162 Å². The molecule has 4 aromatic heterocycles. The lowest BCUT2D eigenvalue weighted by atomic mass is 10.00. The first kappa shape index (κ1) is 85.9. The first-order valence-electron chi connectivity index (χ1n) is 38.3. The van der Waals surface area contributed by atoms with Crippen molar-refractivity contribution in [3.8, 4) is 0 Å². The third-order valence-corrected chi connectivity index (χ3v) is 20.1. The van der Waals surface area contributed by atoms with E-state index in [2.05, 4.69) is 83.1 Å². The summed E-state index contributed by atoms with van der Waals surface area (Å²) in [6, 6.07) is 6.49. The molecule has 36 heteroatoms. The van der Waals surface area contributed by atoms with Gasteiger partial charge in [0.15, 0.2) is 5.96 Å². The number of H-pyrrole nitrogens is 4. The van der Waals surface area contributed by atoms with E-state index in [9.17, 15) is 53.7 Å². The van der Waals surface area contributed by atoms with Gasteiger partial charge in [0.05, 0.1) is 31.4 Å². The highest BCUT2D eigenvalue weighted by Gasteiger charge is 2.44. The minimum Gasteiger partial charge on any atom is -0.480 e. The standard InChI is InChI=1S/C78H105N21O15/c1-42(2)28-56(68(104)96-62(39-100)77(113)114)92-72(108)63-23-14-26-98(63)75(111)60(29-43(3)4)95-74(110)65(44(5)101)97-67(103)55(22-13-25-84-78(80)81)89-70(106)58(31-46-35-85-53-20-11-9-18-50(46)53)91-69(105)57(30-45-16-7-6-8-17-45)93-73(109)64-24-15-27-99(64)76(112)61(32-47-36-86-54-21-12-10-19-51(47)54)94-71(107)59(34-49-38-83-41-88-49)90-66(102)52(79)33-48-37-82-40-87-48/h6-12,16-21,35-38,40-44,52,55-65,85-86,100-101H,13-15,22-34,39,79H2,1-5H3,(H,82,87)(H,83,88)(H,89,106)(H,90,102)(H,91,105)(H,92,108)(H,93,109)(H,94,107)(H,95,110)(H,96,104)(H,97,103)(H,113,114)(H4,80,81,84)/t44-,52+,55+,56+,57+,58+,59+,60+,61+,62+,63+,64+,65+/m1/s1. The Hall–Kier alpha value is -12.0.